The standard InChI is InChI=1S/C20H28O3/c1-15-10-11-16-17(13-15)20(2,14-18(16)21)12-8-6-4-5-7-9-19(22)23-3/h10-11,13H,4-9,12,14H2,1-3H3/t20-/m1/s1. The quantitative estimate of drug-likeness (QED) is 0.514. The van der Waals surface area contributed by atoms with Crippen molar-refractivity contribution in [2.45, 2.75) is 70.6 Å². The third-order valence-corrected chi connectivity index (χ3v) is 5.01. The fourth-order valence-corrected chi connectivity index (χ4v) is 3.59. The van der Waals surface area contributed by atoms with Crippen LogP contribution < -0.4 is 0 Å². The summed E-state index contributed by atoms with van der Waals surface area (Å²) in [5.41, 5.74) is 3.40. The van der Waals surface area contributed by atoms with E-state index in [1.54, 1.807) is 0 Å². The second-order valence-electron chi connectivity index (χ2n) is 7.05. The monoisotopic (exact) mass is 316 g/mol. The molecule has 0 radical (unpaired) electrons. The second-order valence-corrected chi connectivity index (χ2v) is 7.05. The highest BCUT2D eigenvalue weighted by Crippen LogP contribution is 2.42. The van der Waals surface area contributed by atoms with Crippen molar-refractivity contribution in [2.24, 2.45) is 0 Å². The van der Waals surface area contributed by atoms with Crippen molar-refractivity contribution < 1.29 is 14.3 Å². The van der Waals surface area contributed by atoms with E-state index in [0.717, 1.165) is 44.1 Å². The van der Waals surface area contributed by atoms with Gasteiger partial charge in [-0.05, 0) is 25.3 Å². The fourth-order valence-electron chi connectivity index (χ4n) is 3.59. The Morgan fingerprint density at radius 3 is 2.61 bits per heavy atom. The molecule has 1 aromatic rings. The molecule has 0 saturated heterocycles. The zero-order chi connectivity index (χ0) is 16.9. The van der Waals surface area contributed by atoms with E-state index in [1.807, 2.05) is 12.1 Å². The lowest BCUT2D eigenvalue weighted by Gasteiger charge is -2.25. The number of Topliss-reactive ketones (excluding diaryl/α,β-unsaturated/α-hetero) is 1. The van der Waals surface area contributed by atoms with Crippen LogP contribution in [0.4, 0.5) is 0 Å². The minimum Gasteiger partial charge on any atom is -0.469 e. The van der Waals surface area contributed by atoms with Gasteiger partial charge in [0, 0.05) is 23.8 Å². The number of ether oxygens (including phenoxy) is 1. The maximum absolute atomic E-state index is 12.2. The molecule has 0 bridgehead atoms. The molecule has 1 atom stereocenters. The zero-order valence-electron chi connectivity index (χ0n) is 14.6. The molecule has 0 aromatic heterocycles. The second kappa shape index (κ2) is 7.76. The molecule has 1 aromatic carbocycles. The molecule has 0 N–H and O–H groups in total. The summed E-state index contributed by atoms with van der Waals surface area (Å²) in [5, 5.41) is 0. The van der Waals surface area contributed by atoms with Gasteiger partial charge in [-0.1, -0.05) is 56.4 Å². The van der Waals surface area contributed by atoms with Gasteiger partial charge in [0.15, 0.2) is 5.78 Å². The molecule has 126 valence electrons. The number of hydrogen-bond donors (Lipinski definition) is 0. The van der Waals surface area contributed by atoms with Crippen LogP contribution in [0.3, 0.4) is 0 Å². The molecule has 0 saturated carbocycles. The van der Waals surface area contributed by atoms with E-state index in [-0.39, 0.29) is 11.4 Å². The van der Waals surface area contributed by atoms with Crippen LogP contribution in [-0.4, -0.2) is 18.9 Å². The van der Waals surface area contributed by atoms with Gasteiger partial charge in [-0.15, -0.1) is 0 Å². The number of ketones is 1. The molecule has 0 amide bonds. The third-order valence-electron chi connectivity index (χ3n) is 5.01. The summed E-state index contributed by atoms with van der Waals surface area (Å²) in [4.78, 5) is 23.3. The minimum absolute atomic E-state index is 0.00442. The van der Waals surface area contributed by atoms with Gasteiger partial charge < -0.3 is 4.74 Å². The summed E-state index contributed by atoms with van der Waals surface area (Å²) in [6, 6.07) is 6.21. The number of carbonyl (C=O) groups is 2. The average molecular weight is 316 g/mol. The van der Waals surface area contributed by atoms with Crippen molar-refractivity contribution in [3.8, 4) is 0 Å². The number of aryl methyl sites for hydroxylation is 1. The van der Waals surface area contributed by atoms with Crippen LogP contribution in [0.2, 0.25) is 0 Å². The third kappa shape index (κ3) is 4.43. The van der Waals surface area contributed by atoms with Crippen LogP contribution in [0.25, 0.3) is 0 Å². The zero-order valence-corrected chi connectivity index (χ0v) is 14.6. The lowest BCUT2D eigenvalue weighted by Crippen LogP contribution is -2.18. The molecule has 23 heavy (non-hydrogen) atoms. The summed E-state index contributed by atoms with van der Waals surface area (Å²) in [7, 11) is 1.44. The Kier molecular flexibility index (Phi) is 5.97. The number of benzene rings is 1. The van der Waals surface area contributed by atoms with Gasteiger partial charge in [0.1, 0.15) is 0 Å². The van der Waals surface area contributed by atoms with Crippen molar-refractivity contribution in [2.75, 3.05) is 7.11 Å². The van der Waals surface area contributed by atoms with Crippen molar-refractivity contribution in [3.63, 3.8) is 0 Å². The summed E-state index contributed by atoms with van der Waals surface area (Å²) in [6.45, 7) is 4.32. The summed E-state index contributed by atoms with van der Waals surface area (Å²) < 4.78 is 4.64. The van der Waals surface area contributed by atoms with E-state index in [9.17, 15) is 9.59 Å². The van der Waals surface area contributed by atoms with Crippen LogP contribution >= 0.6 is 0 Å². The minimum atomic E-state index is -0.117. The number of unbranched alkanes of at least 4 members (excludes halogenated alkanes) is 4. The van der Waals surface area contributed by atoms with Crippen LogP contribution in [-0.2, 0) is 14.9 Å². The van der Waals surface area contributed by atoms with E-state index in [2.05, 4.69) is 24.7 Å². The van der Waals surface area contributed by atoms with Gasteiger partial charge in [0.2, 0.25) is 0 Å². The lowest BCUT2D eigenvalue weighted by atomic mass is 9.79. The topological polar surface area (TPSA) is 43.4 Å². The normalized spacial score (nSPS) is 19.7. The molecule has 0 heterocycles. The number of methoxy groups -OCH3 is 1. The maximum Gasteiger partial charge on any atom is 0.305 e. The van der Waals surface area contributed by atoms with Crippen LogP contribution in [0.1, 0.15) is 79.8 Å². The first-order chi connectivity index (χ1) is 11.0. The molecule has 0 unspecified atom stereocenters. The number of carbonyl (C=O) groups excluding carboxylic acids is 2. The largest absolute Gasteiger partial charge is 0.469 e. The number of hydrogen-bond acceptors (Lipinski definition) is 3. The highest BCUT2D eigenvalue weighted by Gasteiger charge is 2.38. The Labute approximate surface area is 139 Å². The first kappa shape index (κ1) is 17.7. The van der Waals surface area contributed by atoms with Crippen molar-refractivity contribution in [1.82, 2.24) is 0 Å². The molecule has 1 aliphatic carbocycles. The predicted molar refractivity (Wildman–Crippen MR) is 91.8 cm³/mol. The molecule has 3 nitrogen and oxygen atoms in total. The number of fused-ring (bicyclic) bond motifs is 1. The predicted octanol–water partition coefficient (Wildman–Crippen LogP) is 4.74. The summed E-state index contributed by atoms with van der Waals surface area (Å²) in [6.07, 6.45) is 7.64. The van der Waals surface area contributed by atoms with Crippen molar-refractivity contribution >= 4 is 11.8 Å². The van der Waals surface area contributed by atoms with Crippen molar-refractivity contribution in [3.05, 3.63) is 34.9 Å². The van der Waals surface area contributed by atoms with Gasteiger partial charge in [0.25, 0.3) is 0 Å². The number of esters is 1. The highest BCUT2D eigenvalue weighted by molar-refractivity contribution is 6.02. The first-order valence-electron chi connectivity index (χ1n) is 8.67. The molecule has 0 fully saturated rings. The van der Waals surface area contributed by atoms with Crippen LogP contribution in [0, 0.1) is 6.92 Å². The molecule has 2 rings (SSSR count). The summed E-state index contributed by atoms with van der Waals surface area (Å²) >= 11 is 0. The van der Waals surface area contributed by atoms with Crippen molar-refractivity contribution in [1.29, 1.82) is 0 Å². The molecular weight excluding hydrogens is 288 g/mol. The van der Waals surface area contributed by atoms with Gasteiger partial charge >= 0.3 is 5.97 Å². The molecule has 3 heteroatoms. The Balaban J connectivity index is 1.77. The van der Waals surface area contributed by atoms with Gasteiger partial charge in [0.05, 0.1) is 7.11 Å². The molecule has 0 aliphatic heterocycles. The van der Waals surface area contributed by atoms with E-state index < -0.39 is 0 Å². The summed E-state index contributed by atoms with van der Waals surface area (Å²) in [5.74, 6) is 0.175. The molecule has 0 spiro atoms. The average Bonchev–Trinajstić information content (AvgIpc) is 2.77. The van der Waals surface area contributed by atoms with Crippen LogP contribution in [0.15, 0.2) is 18.2 Å². The van der Waals surface area contributed by atoms with Gasteiger partial charge in [-0.2, -0.15) is 0 Å². The first-order valence-corrected chi connectivity index (χ1v) is 8.67. The maximum atomic E-state index is 12.2. The van der Waals surface area contributed by atoms with E-state index in [0.29, 0.717) is 18.6 Å². The Hall–Kier alpha value is -1.64. The van der Waals surface area contributed by atoms with Gasteiger partial charge in [-0.25, -0.2) is 0 Å². The van der Waals surface area contributed by atoms with Gasteiger partial charge in [-0.3, -0.25) is 9.59 Å². The molecular formula is C20H28O3. The lowest BCUT2D eigenvalue weighted by molar-refractivity contribution is -0.140. The Bertz CT molecular complexity index is 576. The van der Waals surface area contributed by atoms with Crippen LogP contribution in [0.5, 0.6) is 0 Å². The Morgan fingerprint density at radius 1 is 1.17 bits per heavy atom. The SMILES string of the molecule is COC(=O)CCCCCCC[C@]1(C)CC(=O)c2ccc(C)cc21. The number of rotatable bonds is 8. The smallest absolute Gasteiger partial charge is 0.305 e. The fraction of sp³-hybridized carbons (Fsp3) is 0.600. The Morgan fingerprint density at radius 2 is 1.87 bits per heavy atom. The van der Waals surface area contributed by atoms with E-state index in [4.69, 9.17) is 0 Å². The molecule has 1 aliphatic rings. The van der Waals surface area contributed by atoms with E-state index >= 15 is 0 Å². The highest BCUT2D eigenvalue weighted by atomic mass is 16.5. The van der Waals surface area contributed by atoms with E-state index in [1.165, 1.54) is 18.2 Å².